The number of rotatable bonds is 8. The van der Waals surface area contributed by atoms with Crippen molar-refractivity contribution < 1.29 is 14.3 Å². The predicted molar refractivity (Wildman–Crippen MR) is 92.1 cm³/mol. The molecule has 2 rings (SSSR count). The molecule has 1 fully saturated rings. The largest absolute Gasteiger partial charge is 0.489 e. The minimum atomic E-state index is -0.189. The molecule has 1 aromatic carbocycles. The first-order valence-corrected chi connectivity index (χ1v) is 8.68. The van der Waals surface area contributed by atoms with Gasteiger partial charge in [0.25, 0.3) is 0 Å². The number of benzene rings is 1. The van der Waals surface area contributed by atoms with E-state index in [1.165, 1.54) is 6.42 Å². The number of carbonyl (C=O) groups excluding carboxylic acids is 1. The number of anilines is 1. The van der Waals surface area contributed by atoms with Crippen LogP contribution in [0.5, 0.6) is 5.75 Å². The molecule has 0 saturated carbocycles. The molecule has 0 aliphatic carbocycles. The standard InChI is InChI=1S/C18H28N2O3/c1-2-3-7-12-19-18(21)20-16-10-4-5-11-17(16)23-14-15-9-6-8-13-22-15/h4-5,10-11,15H,2-3,6-9,12-14H2,1H3,(H2,19,20,21). The molecule has 1 heterocycles. The molecule has 128 valence electrons. The van der Waals surface area contributed by atoms with Gasteiger partial charge in [0.1, 0.15) is 12.4 Å². The summed E-state index contributed by atoms with van der Waals surface area (Å²) in [6.07, 6.45) is 6.78. The number of nitrogens with one attached hydrogen (secondary N) is 2. The first-order chi connectivity index (χ1) is 11.3. The highest BCUT2D eigenvalue weighted by Gasteiger charge is 2.15. The molecule has 1 aliphatic heterocycles. The van der Waals surface area contributed by atoms with Gasteiger partial charge in [-0.25, -0.2) is 4.79 Å². The lowest BCUT2D eigenvalue weighted by Gasteiger charge is -2.23. The third-order valence-electron chi connectivity index (χ3n) is 3.90. The summed E-state index contributed by atoms with van der Waals surface area (Å²) in [5.41, 5.74) is 0.691. The summed E-state index contributed by atoms with van der Waals surface area (Å²) in [7, 11) is 0. The Morgan fingerprint density at radius 3 is 2.96 bits per heavy atom. The minimum Gasteiger partial charge on any atom is -0.489 e. The molecule has 1 atom stereocenters. The molecule has 1 aliphatic rings. The van der Waals surface area contributed by atoms with Crippen molar-refractivity contribution in [1.82, 2.24) is 5.32 Å². The van der Waals surface area contributed by atoms with Gasteiger partial charge in [0.2, 0.25) is 0 Å². The molecule has 0 spiro atoms. The summed E-state index contributed by atoms with van der Waals surface area (Å²) in [6, 6.07) is 7.32. The van der Waals surface area contributed by atoms with Crippen LogP contribution >= 0.6 is 0 Å². The molecule has 5 nitrogen and oxygen atoms in total. The number of ether oxygens (including phenoxy) is 2. The van der Waals surface area contributed by atoms with Gasteiger partial charge >= 0.3 is 6.03 Å². The minimum absolute atomic E-state index is 0.152. The average Bonchev–Trinajstić information content (AvgIpc) is 2.59. The van der Waals surface area contributed by atoms with Crippen LogP contribution in [0, 0.1) is 0 Å². The van der Waals surface area contributed by atoms with Crippen molar-refractivity contribution in [2.24, 2.45) is 0 Å². The lowest BCUT2D eigenvalue weighted by atomic mass is 10.1. The van der Waals surface area contributed by atoms with Gasteiger partial charge in [0, 0.05) is 13.2 Å². The fourth-order valence-corrected chi connectivity index (χ4v) is 2.56. The van der Waals surface area contributed by atoms with Gasteiger partial charge in [-0.2, -0.15) is 0 Å². The Labute approximate surface area is 138 Å². The number of urea groups is 1. The highest BCUT2D eigenvalue weighted by molar-refractivity contribution is 5.90. The van der Waals surface area contributed by atoms with E-state index in [1.54, 1.807) is 0 Å². The maximum absolute atomic E-state index is 11.9. The third-order valence-corrected chi connectivity index (χ3v) is 3.90. The molecule has 1 saturated heterocycles. The van der Waals surface area contributed by atoms with Crippen LogP contribution in [-0.2, 0) is 4.74 Å². The topological polar surface area (TPSA) is 59.6 Å². The second-order valence-electron chi connectivity index (χ2n) is 5.88. The number of amides is 2. The Morgan fingerprint density at radius 1 is 1.30 bits per heavy atom. The molecule has 2 N–H and O–H groups in total. The van der Waals surface area contributed by atoms with E-state index in [-0.39, 0.29) is 12.1 Å². The molecule has 0 radical (unpaired) electrons. The van der Waals surface area contributed by atoms with Crippen LogP contribution in [0.2, 0.25) is 0 Å². The monoisotopic (exact) mass is 320 g/mol. The van der Waals surface area contributed by atoms with E-state index in [9.17, 15) is 4.79 Å². The number of hydrogen-bond acceptors (Lipinski definition) is 3. The fraction of sp³-hybridized carbons (Fsp3) is 0.611. The molecular formula is C18H28N2O3. The molecule has 1 aromatic rings. The van der Waals surface area contributed by atoms with Crippen molar-refractivity contribution in [3.63, 3.8) is 0 Å². The Bertz CT molecular complexity index is 473. The normalized spacial score (nSPS) is 17.5. The van der Waals surface area contributed by atoms with Crippen molar-refractivity contribution in [3.8, 4) is 5.75 Å². The molecule has 1 unspecified atom stereocenters. The number of carbonyl (C=O) groups is 1. The maximum atomic E-state index is 11.9. The Morgan fingerprint density at radius 2 is 2.17 bits per heavy atom. The van der Waals surface area contributed by atoms with E-state index in [1.807, 2.05) is 24.3 Å². The highest BCUT2D eigenvalue weighted by atomic mass is 16.5. The zero-order chi connectivity index (χ0) is 16.3. The van der Waals surface area contributed by atoms with Gasteiger partial charge in [0.05, 0.1) is 11.8 Å². The molecule has 0 bridgehead atoms. The van der Waals surface area contributed by atoms with Crippen LogP contribution in [0.3, 0.4) is 0 Å². The summed E-state index contributed by atoms with van der Waals surface area (Å²) in [6.45, 7) is 4.17. The summed E-state index contributed by atoms with van der Waals surface area (Å²) in [5.74, 6) is 0.686. The first kappa shape index (κ1) is 17.6. The van der Waals surface area contributed by atoms with Crippen molar-refractivity contribution in [1.29, 1.82) is 0 Å². The highest BCUT2D eigenvalue weighted by Crippen LogP contribution is 2.24. The van der Waals surface area contributed by atoms with E-state index in [0.29, 0.717) is 24.6 Å². The summed E-state index contributed by atoms with van der Waals surface area (Å²) in [5, 5.41) is 5.73. The Kier molecular flexibility index (Phi) is 7.73. The maximum Gasteiger partial charge on any atom is 0.319 e. The lowest BCUT2D eigenvalue weighted by molar-refractivity contribution is -0.0109. The lowest BCUT2D eigenvalue weighted by Crippen LogP contribution is -2.30. The summed E-state index contributed by atoms with van der Waals surface area (Å²) >= 11 is 0. The van der Waals surface area contributed by atoms with Crippen LogP contribution in [0.1, 0.15) is 45.4 Å². The van der Waals surface area contributed by atoms with Crippen LogP contribution in [-0.4, -0.2) is 31.9 Å². The van der Waals surface area contributed by atoms with Gasteiger partial charge < -0.3 is 20.1 Å². The van der Waals surface area contributed by atoms with Crippen LogP contribution in [0.15, 0.2) is 24.3 Å². The van der Waals surface area contributed by atoms with Gasteiger partial charge in [-0.1, -0.05) is 31.9 Å². The Balaban J connectivity index is 1.80. The van der Waals surface area contributed by atoms with Crippen LogP contribution in [0.4, 0.5) is 10.5 Å². The summed E-state index contributed by atoms with van der Waals surface area (Å²) in [4.78, 5) is 11.9. The van der Waals surface area contributed by atoms with Gasteiger partial charge in [-0.15, -0.1) is 0 Å². The SMILES string of the molecule is CCCCCNC(=O)Nc1ccccc1OCC1CCCCO1. The average molecular weight is 320 g/mol. The van der Waals surface area contributed by atoms with Gasteiger partial charge in [0.15, 0.2) is 0 Å². The molecule has 23 heavy (non-hydrogen) atoms. The van der Waals surface area contributed by atoms with Crippen LogP contribution in [0.25, 0.3) is 0 Å². The summed E-state index contributed by atoms with van der Waals surface area (Å²) < 4.78 is 11.5. The van der Waals surface area contributed by atoms with E-state index < -0.39 is 0 Å². The number of hydrogen-bond donors (Lipinski definition) is 2. The van der Waals surface area contributed by atoms with E-state index in [0.717, 1.165) is 38.7 Å². The van der Waals surface area contributed by atoms with Crippen molar-refractivity contribution in [2.45, 2.75) is 51.6 Å². The second kappa shape index (κ2) is 10.1. The van der Waals surface area contributed by atoms with Gasteiger partial charge in [-0.05, 0) is 37.8 Å². The zero-order valence-electron chi connectivity index (χ0n) is 14.0. The van der Waals surface area contributed by atoms with Crippen molar-refractivity contribution in [3.05, 3.63) is 24.3 Å². The fourth-order valence-electron chi connectivity index (χ4n) is 2.56. The molecule has 5 heteroatoms. The quantitative estimate of drug-likeness (QED) is 0.713. The van der Waals surface area contributed by atoms with Gasteiger partial charge in [-0.3, -0.25) is 0 Å². The first-order valence-electron chi connectivity index (χ1n) is 8.68. The van der Waals surface area contributed by atoms with Crippen molar-refractivity contribution in [2.75, 3.05) is 25.1 Å². The molecule has 0 aromatic heterocycles. The predicted octanol–water partition coefficient (Wildman–Crippen LogP) is 3.95. The zero-order valence-corrected chi connectivity index (χ0v) is 14.0. The second-order valence-corrected chi connectivity index (χ2v) is 5.88. The van der Waals surface area contributed by atoms with E-state index in [2.05, 4.69) is 17.6 Å². The van der Waals surface area contributed by atoms with Crippen LogP contribution < -0.4 is 15.4 Å². The van der Waals surface area contributed by atoms with E-state index >= 15 is 0 Å². The number of para-hydroxylation sites is 2. The van der Waals surface area contributed by atoms with E-state index in [4.69, 9.17) is 9.47 Å². The molecular weight excluding hydrogens is 292 g/mol. The third kappa shape index (κ3) is 6.48. The Hall–Kier alpha value is -1.75. The number of unbranched alkanes of at least 4 members (excludes halogenated alkanes) is 2. The van der Waals surface area contributed by atoms with Crippen molar-refractivity contribution >= 4 is 11.7 Å². The smallest absolute Gasteiger partial charge is 0.319 e. The molecule has 2 amide bonds.